The highest BCUT2D eigenvalue weighted by atomic mass is 127. The summed E-state index contributed by atoms with van der Waals surface area (Å²) in [4.78, 5) is 4.13. The van der Waals surface area contributed by atoms with Gasteiger partial charge in [-0.1, -0.05) is 0 Å². The summed E-state index contributed by atoms with van der Waals surface area (Å²) in [6.45, 7) is 1.28. The highest BCUT2D eigenvalue weighted by Crippen LogP contribution is 2.12. The van der Waals surface area contributed by atoms with E-state index in [0.717, 1.165) is 17.9 Å². The highest BCUT2D eigenvalue weighted by molar-refractivity contribution is 14.0. The van der Waals surface area contributed by atoms with Crippen LogP contribution in [0.3, 0.4) is 0 Å². The van der Waals surface area contributed by atoms with Crippen LogP contribution in [0.5, 0.6) is 0 Å². The van der Waals surface area contributed by atoms with E-state index in [9.17, 15) is 0 Å². The second kappa shape index (κ2) is 9.73. The van der Waals surface area contributed by atoms with Crippen LogP contribution in [0.25, 0.3) is 0 Å². The highest BCUT2D eigenvalue weighted by Gasteiger charge is 2.09. The van der Waals surface area contributed by atoms with E-state index in [2.05, 4.69) is 31.9 Å². The van der Waals surface area contributed by atoms with Gasteiger partial charge in [0.2, 0.25) is 0 Å². The number of halogens is 1. The van der Waals surface area contributed by atoms with E-state index in [1.54, 1.807) is 13.3 Å². The summed E-state index contributed by atoms with van der Waals surface area (Å²) in [5, 5.41) is 22.0. The molecule has 0 aliphatic rings. The molecule has 0 radical (unpaired) electrons. The number of rotatable bonds is 6. The van der Waals surface area contributed by atoms with Gasteiger partial charge >= 0.3 is 0 Å². The Hall–Kier alpha value is -2.22. The van der Waals surface area contributed by atoms with Crippen LogP contribution >= 0.6 is 24.0 Å². The Labute approximate surface area is 151 Å². The molecular formula is C14H20IN7O. The number of nitrogen functional groups attached to an aromatic ring is 1. The number of aliphatic imine (C=N–C) groups is 1. The number of guanidine groups is 1. The van der Waals surface area contributed by atoms with Gasteiger partial charge in [-0.05, 0) is 25.0 Å². The number of aromatic amines is 1. The molecule has 0 bridgehead atoms. The Morgan fingerprint density at radius 3 is 3.00 bits per heavy atom. The number of H-pyrrole nitrogens is 1. The number of furan rings is 1. The molecule has 0 atom stereocenters. The molecule has 0 aliphatic carbocycles. The molecule has 0 saturated carbocycles. The molecule has 2 aromatic heterocycles. The number of nitrogens with zero attached hydrogens (tertiary/aromatic N) is 3. The lowest BCUT2D eigenvalue weighted by Crippen LogP contribution is -2.37. The lowest BCUT2D eigenvalue weighted by Gasteiger charge is -2.10. The zero-order valence-electron chi connectivity index (χ0n) is 12.8. The van der Waals surface area contributed by atoms with Gasteiger partial charge in [0.25, 0.3) is 0 Å². The van der Waals surface area contributed by atoms with E-state index in [-0.39, 0.29) is 29.8 Å². The minimum atomic E-state index is 0. The molecule has 5 N–H and O–H groups in total. The SMILES string of the molecule is CN=C(NCCCc1[nH]nc(N)c1C#N)NCc1ccco1.I. The fourth-order valence-electron chi connectivity index (χ4n) is 1.98. The van der Waals surface area contributed by atoms with Crippen molar-refractivity contribution in [1.82, 2.24) is 20.8 Å². The van der Waals surface area contributed by atoms with E-state index >= 15 is 0 Å². The van der Waals surface area contributed by atoms with E-state index in [4.69, 9.17) is 15.4 Å². The van der Waals surface area contributed by atoms with Crippen molar-refractivity contribution in [2.75, 3.05) is 19.3 Å². The summed E-state index contributed by atoms with van der Waals surface area (Å²) >= 11 is 0. The van der Waals surface area contributed by atoms with E-state index in [1.807, 2.05) is 12.1 Å². The first-order valence-electron chi connectivity index (χ1n) is 6.94. The molecule has 0 aromatic carbocycles. The maximum atomic E-state index is 8.99. The van der Waals surface area contributed by atoms with Gasteiger partial charge in [0.15, 0.2) is 11.8 Å². The molecule has 9 heteroatoms. The van der Waals surface area contributed by atoms with Gasteiger partial charge in [-0.3, -0.25) is 10.1 Å². The molecule has 124 valence electrons. The Morgan fingerprint density at radius 2 is 2.35 bits per heavy atom. The first-order chi connectivity index (χ1) is 10.7. The number of nitrogens with one attached hydrogen (secondary N) is 3. The molecule has 0 spiro atoms. The van der Waals surface area contributed by atoms with Crippen LogP contribution in [0.4, 0.5) is 5.82 Å². The molecule has 0 fully saturated rings. The lowest BCUT2D eigenvalue weighted by molar-refractivity contribution is 0.501. The smallest absolute Gasteiger partial charge is 0.191 e. The molecule has 23 heavy (non-hydrogen) atoms. The zero-order chi connectivity index (χ0) is 15.8. The summed E-state index contributed by atoms with van der Waals surface area (Å²) < 4.78 is 5.24. The van der Waals surface area contributed by atoms with Gasteiger partial charge in [-0.25, -0.2) is 0 Å². The summed E-state index contributed by atoms with van der Waals surface area (Å²) in [5.74, 6) is 1.79. The van der Waals surface area contributed by atoms with E-state index < -0.39 is 0 Å². The topological polar surface area (TPSA) is 128 Å². The summed E-state index contributed by atoms with van der Waals surface area (Å²) in [7, 11) is 1.71. The molecular weight excluding hydrogens is 409 g/mol. The molecule has 2 rings (SSSR count). The largest absolute Gasteiger partial charge is 0.467 e. The maximum Gasteiger partial charge on any atom is 0.191 e. The van der Waals surface area contributed by atoms with Crippen LogP contribution < -0.4 is 16.4 Å². The van der Waals surface area contributed by atoms with Crippen molar-refractivity contribution in [3.63, 3.8) is 0 Å². The third-order valence-corrected chi connectivity index (χ3v) is 3.11. The van der Waals surface area contributed by atoms with Crippen molar-refractivity contribution in [2.45, 2.75) is 19.4 Å². The van der Waals surface area contributed by atoms with Gasteiger partial charge in [-0.15, -0.1) is 24.0 Å². The normalized spacial score (nSPS) is 10.7. The van der Waals surface area contributed by atoms with Crippen molar-refractivity contribution >= 4 is 35.8 Å². The molecule has 8 nitrogen and oxygen atoms in total. The number of hydrogen-bond donors (Lipinski definition) is 4. The van der Waals surface area contributed by atoms with Gasteiger partial charge < -0.3 is 20.8 Å². The summed E-state index contributed by atoms with van der Waals surface area (Å²) in [5.41, 5.74) is 6.79. The lowest BCUT2D eigenvalue weighted by atomic mass is 10.1. The van der Waals surface area contributed by atoms with Crippen LogP contribution in [0.15, 0.2) is 27.8 Å². The summed E-state index contributed by atoms with van der Waals surface area (Å²) in [6.07, 6.45) is 3.14. The minimum absolute atomic E-state index is 0. The molecule has 0 amide bonds. The number of anilines is 1. The van der Waals surface area contributed by atoms with Crippen molar-refractivity contribution in [3.05, 3.63) is 35.4 Å². The first kappa shape index (κ1) is 18.8. The third kappa shape index (κ3) is 5.48. The molecule has 2 heterocycles. The van der Waals surface area contributed by atoms with Crippen LogP contribution in [0, 0.1) is 11.3 Å². The minimum Gasteiger partial charge on any atom is -0.467 e. The number of nitriles is 1. The third-order valence-electron chi connectivity index (χ3n) is 3.11. The first-order valence-corrected chi connectivity index (χ1v) is 6.94. The van der Waals surface area contributed by atoms with Crippen LogP contribution in [0.2, 0.25) is 0 Å². The van der Waals surface area contributed by atoms with Crippen molar-refractivity contribution in [1.29, 1.82) is 5.26 Å². The van der Waals surface area contributed by atoms with E-state index in [1.165, 1.54) is 0 Å². The Kier molecular flexibility index (Phi) is 7.96. The van der Waals surface area contributed by atoms with Crippen LogP contribution in [-0.4, -0.2) is 29.7 Å². The predicted molar refractivity (Wildman–Crippen MR) is 98.4 cm³/mol. The van der Waals surface area contributed by atoms with Crippen LogP contribution in [0.1, 0.15) is 23.4 Å². The molecule has 2 aromatic rings. The van der Waals surface area contributed by atoms with Gasteiger partial charge in [-0.2, -0.15) is 10.4 Å². The molecule has 0 aliphatic heterocycles. The fraction of sp³-hybridized carbons (Fsp3) is 0.357. The zero-order valence-corrected chi connectivity index (χ0v) is 15.1. The second-order valence-corrected chi connectivity index (χ2v) is 4.61. The van der Waals surface area contributed by atoms with Gasteiger partial charge in [0.05, 0.1) is 18.5 Å². The maximum absolute atomic E-state index is 8.99. The van der Waals surface area contributed by atoms with Crippen molar-refractivity contribution in [3.8, 4) is 6.07 Å². The van der Waals surface area contributed by atoms with Gasteiger partial charge in [0.1, 0.15) is 17.4 Å². The van der Waals surface area contributed by atoms with Crippen molar-refractivity contribution < 1.29 is 4.42 Å². The monoisotopic (exact) mass is 429 g/mol. The number of hydrogen-bond acceptors (Lipinski definition) is 5. The molecule has 0 saturated heterocycles. The Balaban J connectivity index is 0.00000264. The number of aryl methyl sites for hydroxylation is 1. The number of nitrogens with two attached hydrogens (primary N) is 1. The average molecular weight is 429 g/mol. The van der Waals surface area contributed by atoms with Crippen molar-refractivity contribution in [2.24, 2.45) is 4.99 Å². The average Bonchev–Trinajstić information content (AvgIpc) is 3.16. The van der Waals surface area contributed by atoms with Gasteiger partial charge in [0, 0.05) is 13.6 Å². The number of aromatic nitrogens is 2. The van der Waals surface area contributed by atoms with Crippen LogP contribution in [-0.2, 0) is 13.0 Å². The predicted octanol–water partition coefficient (Wildman–Crippen LogP) is 1.37. The summed E-state index contributed by atoms with van der Waals surface area (Å²) in [6, 6.07) is 5.79. The Morgan fingerprint density at radius 1 is 1.52 bits per heavy atom. The second-order valence-electron chi connectivity index (χ2n) is 4.61. The molecule has 0 unspecified atom stereocenters. The van der Waals surface area contributed by atoms with E-state index in [0.29, 0.717) is 31.0 Å². The standard InChI is InChI=1S/C14H19N7O.HI/c1-17-14(19-9-10-4-3-7-22-10)18-6-2-5-12-11(8-15)13(16)21-20-12;/h3-4,7H,2,5-6,9H2,1H3,(H3,16,20,21)(H2,17,18,19);1H. The fourth-order valence-corrected chi connectivity index (χ4v) is 1.98. The quantitative estimate of drug-likeness (QED) is 0.238. The Bertz CT molecular complexity index is 657.